The minimum atomic E-state index is -0.919. The zero-order chi connectivity index (χ0) is 17.1. The molecular weight excluding hydrogens is 326 g/mol. The quantitative estimate of drug-likeness (QED) is 0.770. The Balaban J connectivity index is 1.95. The van der Waals surface area contributed by atoms with E-state index in [4.69, 9.17) is 4.52 Å². The minimum Gasteiger partial charge on any atom is -0.385 e. The van der Waals surface area contributed by atoms with Gasteiger partial charge in [0, 0.05) is 26.0 Å². The summed E-state index contributed by atoms with van der Waals surface area (Å²) in [6, 6.07) is 7.47. The van der Waals surface area contributed by atoms with E-state index >= 15 is 0 Å². The van der Waals surface area contributed by atoms with Gasteiger partial charge in [0.1, 0.15) is 17.4 Å². The van der Waals surface area contributed by atoms with Crippen molar-refractivity contribution in [2.45, 2.75) is 19.6 Å². The van der Waals surface area contributed by atoms with Gasteiger partial charge in [0.15, 0.2) is 5.76 Å². The number of carbonyl (C=O) groups excluding carboxylic acids is 1. The first kappa shape index (κ1) is 16.4. The smallest absolute Gasteiger partial charge is 0.259 e. The van der Waals surface area contributed by atoms with Crippen molar-refractivity contribution in [2.24, 2.45) is 0 Å². The standard InChI is InChI=1S/C17H17N3O3S/c1-11(21)16-14(15(19-23-16)13-6-4-8-24-13)17(22)20(2)10-12-5-3-7-18-9-12/h3-9,11,21H,10H2,1-2H3. The number of amides is 1. The fourth-order valence-electron chi connectivity index (χ4n) is 2.40. The van der Waals surface area contributed by atoms with Crippen LogP contribution < -0.4 is 0 Å². The molecule has 0 aliphatic rings. The molecule has 6 nitrogen and oxygen atoms in total. The monoisotopic (exact) mass is 343 g/mol. The molecule has 0 aliphatic heterocycles. The van der Waals surface area contributed by atoms with E-state index in [-0.39, 0.29) is 11.7 Å². The first-order valence-corrected chi connectivity index (χ1v) is 8.31. The van der Waals surface area contributed by atoms with Crippen LogP contribution >= 0.6 is 11.3 Å². The van der Waals surface area contributed by atoms with Crippen molar-refractivity contribution in [3.05, 3.63) is 58.9 Å². The summed E-state index contributed by atoms with van der Waals surface area (Å²) in [5, 5.41) is 15.8. The van der Waals surface area contributed by atoms with Crippen LogP contribution in [-0.2, 0) is 6.54 Å². The molecule has 0 aliphatic carbocycles. The normalized spacial score (nSPS) is 12.1. The Morgan fingerprint density at radius 2 is 2.25 bits per heavy atom. The van der Waals surface area contributed by atoms with Gasteiger partial charge in [-0.15, -0.1) is 11.3 Å². The lowest BCUT2D eigenvalue weighted by Gasteiger charge is -2.17. The zero-order valence-corrected chi connectivity index (χ0v) is 14.2. The van der Waals surface area contributed by atoms with Crippen LogP contribution in [0.3, 0.4) is 0 Å². The summed E-state index contributed by atoms with van der Waals surface area (Å²) >= 11 is 1.46. The molecule has 3 aromatic rings. The first-order chi connectivity index (χ1) is 11.6. The predicted octanol–water partition coefficient (Wildman–Crippen LogP) is 3.12. The number of rotatable bonds is 5. The third-order valence-electron chi connectivity index (χ3n) is 3.56. The van der Waals surface area contributed by atoms with Crippen LogP contribution in [0.4, 0.5) is 0 Å². The molecule has 1 unspecified atom stereocenters. The minimum absolute atomic E-state index is 0.182. The molecule has 3 heterocycles. The maximum atomic E-state index is 13.0. The predicted molar refractivity (Wildman–Crippen MR) is 90.5 cm³/mol. The van der Waals surface area contributed by atoms with Gasteiger partial charge in [0.25, 0.3) is 5.91 Å². The molecule has 24 heavy (non-hydrogen) atoms. The van der Waals surface area contributed by atoms with Crippen molar-refractivity contribution >= 4 is 17.2 Å². The molecule has 7 heteroatoms. The Labute approximate surface area is 143 Å². The fourth-order valence-corrected chi connectivity index (χ4v) is 3.12. The summed E-state index contributed by atoms with van der Waals surface area (Å²) in [5.74, 6) is -0.0687. The number of pyridine rings is 1. The molecule has 1 atom stereocenters. The molecule has 0 spiro atoms. The molecule has 0 saturated carbocycles. The van der Waals surface area contributed by atoms with Crippen LogP contribution in [0, 0.1) is 0 Å². The van der Waals surface area contributed by atoms with E-state index < -0.39 is 6.10 Å². The van der Waals surface area contributed by atoms with Crippen LogP contribution in [0.5, 0.6) is 0 Å². The van der Waals surface area contributed by atoms with E-state index in [9.17, 15) is 9.90 Å². The van der Waals surface area contributed by atoms with E-state index in [2.05, 4.69) is 10.1 Å². The van der Waals surface area contributed by atoms with Crippen LogP contribution in [0.25, 0.3) is 10.6 Å². The summed E-state index contributed by atoms with van der Waals surface area (Å²) in [7, 11) is 1.70. The number of thiophene rings is 1. The molecule has 0 radical (unpaired) electrons. The van der Waals surface area contributed by atoms with E-state index in [0.717, 1.165) is 10.4 Å². The number of aliphatic hydroxyl groups is 1. The van der Waals surface area contributed by atoms with Crippen molar-refractivity contribution in [1.29, 1.82) is 0 Å². The molecule has 124 valence electrons. The molecule has 3 aromatic heterocycles. The molecular formula is C17H17N3O3S. The maximum Gasteiger partial charge on any atom is 0.259 e. The Hall–Kier alpha value is -2.51. The van der Waals surface area contributed by atoms with Crippen molar-refractivity contribution in [3.63, 3.8) is 0 Å². The Morgan fingerprint density at radius 1 is 1.42 bits per heavy atom. The van der Waals surface area contributed by atoms with Crippen LogP contribution in [0.2, 0.25) is 0 Å². The summed E-state index contributed by atoms with van der Waals surface area (Å²) in [4.78, 5) is 19.4. The number of hydrogen-bond acceptors (Lipinski definition) is 6. The van der Waals surface area contributed by atoms with Crippen molar-refractivity contribution in [1.82, 2.24) is 15.0 Å². The average molecular weight is 343 g/mol. The fraction of sp³-hybridized carbons (Fsp3) is 0.235. The number of aromatic nitrogens is 2. The molecule has 1 amide bonds. The first-order valence-electron chi connectivity index (χ1n) is 7.43. The van der Waals surface area contributed by atoms with Crippen LogP contribution in [0.1, 0.15) is 34.7 Å². The average Bonchev–Trinajstić information content (AvgIpc) is 3.24. The lowest BCUT2D eigenvalue weighted by atomic mass is 10.1. The molecule has 0 bridgehead atoms. The third kappa shape index (κ3) is 3.22. The SMILES string of the molecule is CC(O)c1onc(-c2cccs2)c1C(=O)N(C)Cc1cccnc1. The van der Waals surface area contributed by atoms with Crippen molar-refractivity contribution < 1.29 is 14.4 Å². The van der Waals surface area contributed by atoms with Gasteiger partial charge in [-0.05, 0) is 30.0 Å². The van der Waals surface area contributed by atoms with Crippen LogP contribution in [-0.4, -0.2) is 33.1 Å². The highest BCUT2D eigenvalue weighted by atomic mass is 32.1. The van der Waals surface area contributed by atoms with Gasteiger partial charge in [-0.2, -0.15) is 0 Å². The van der Waals surface area contributed by atoms with Gasteiger partial charge in [-0.3, -0.25) is 9.78 Å². The van der Waals surface area contributed by atoms with E-state index in [0.29, 0.717) is 17.8 Å². The summed E-state index contributed by atoms with van der Waals surface area (Å²) in [5.41, 5.74) is 1.68. The lowest BCUT2D eigenvalue weighted by Crippen LogP contribution is -2.27. The van der Waals surface area contributed by atoms with Gasteiger partial charge in [0.05, 0.1) is 4.88 Å². The Kier molecular flexibility index (Phi) is 4.73. The summed E-state index contributed by atoms with van der Waals surface area (Å²) < 4.78 is 5.25. The molecule has 0 fully saturated rings. The van der Waals surface area contributed by atoms with Gasteiger partial charge in [0.2, 0.25) is 0 Å². The van der Waals surface area contributed by atoms with Gasteiger partial charge in [-0.25, -0.2) is 0 Å². The highest BCUT2D eigenvalue weighted by molar-refractivity contribution is 7.13. The van der Waals surface area contributed by atoms with E-state index in [1.807, 2.05) is 29.6 Å². The molecule has 1 N–H and O–H groups in total. The zero-order valence-electron chi connectivity index (χ0n) is 13.3. The number of hydrogen-bond donors (Lipinski definition) is 1. The Morgan fingerprint density at radius 3 is 2.88 bits per heavy atom. The highest BCUT2D eigenvalue weighted by Crippen LogP contribution is 2.32. The van der Waals surface area contributed by atoms with E-state index in [1.165, 1.54) is 11.3 Å². The van der Waals surface area contributed by atoms with Gasteiger partial charge < -0.3 is 14.5 Å². The third-order valence-corrected chi connectivity index (χ3v) is 4.43. The topological polar surface area (TPSA) is 79.5 Å². The lowest BCUT2D eigenvalue weighted by molar-refractivity contribution is 0.0773. The molecule has 0 aromatic carbocycles. The summed E-state index contributed by atoms with van der Waals surface area (Å²) in [6.07, 6.45) is 2.48. The van der Waals surface area contributed by atoms with Crippen molar-refractivity contribution in [3.8, 4) is 10.6 Å². The number of nitrogens with zero attached hydrogens (tertiary/aromatic N) is 3. The summed E-state index contributed by atoms with van der Waals surface area (Å²) in [6.45, 7) is 1.96. The molecule has 3 rings (SSSR count). The second-order valence-corrected chi connectivity index (χ2v) is 6.39. The second-order valence-electron chi connectivity index (χ2n) is 5.45. The van der Waals surface area contributed by atoms with E-state index in [1.54, 1.807) is 31.3 Å². The largest absolute Gasteiger partial charge is 0.385 e. The second kappa shape index (κ2) is 6.94. The Bertz CT molecular complexity index is 813. The maximum absolute atomic E-state index is 13.0. The van der Waals surface area contributed by atoms with Crippen molar-refractivity contribution in [2.75, 3.05) is 7.05 Å². The van der Waals surface area contributed by atoms with Gasteiger partial charge >= 0.3 is 0 Å². The number of aliphatic hydroxyl groups excluding tert-OH is 1. The van der Waals surface area contributed by atoms with Gasteiger partial charge in [-0.1, -0.05) is 17.3 Å². The number of carbonyl (C=O) groups is 1. The highest BCUT2D eigenvalue weighted by Gasteiger charge is 2.29. The van der Waals surface area contributed by atoms with Crippen LogP contribution in [0.15, 0.2) is 46.6 Å². The molecule has 0 saturated heterocycles.